The third-order valence-corrected chi connectivity index (χ3v) is 2.71. The van der Waals surface area contributed by atoms with E-state index in [0.29, 0.717) is 13.1 Å². The number of rotatable bonds is 13. The summed E-state index contributed by atoms with van der Waals surface area (Å²) < 4.78 is 0. The topological polar surface area (TPSA) is 130 Å². The molecule has 19 heavy (non-hydrogen) atoms. The molecule has 0 fully saturated rings. The fourth-order valence-corrected chi connectivity index (χ4v) is 1.60. The van der Waals surface area contributed by atoms with E-state index in [1.165, 1.54) is 0 Å². The van der Waals surface area contributed by atoms with Crippen molar-refractivity contribution in [1.29, 1.82) is 0 Å². The Hall–Kier alpha value is -1.18. The molecule has 0 aromatic carbocycles. The molecule has 0 unspecified atom stereocenters. The highest BCUT2D eigenvalue weighted by Gasteiger charge is 2.16. The summed E-state index contributed by atoms with van der Waals surface area (Å²) in [5.41, 5.74) is 10.4. The summed E-state index contributed by atoms with van der Waals surface area (Å²) >= 11 is 0. The second-order valence-corrected chi connectivity index (χ2v) is 4.45. The van der Waals surface area contributed by atoms with E-state index in [4.69, 9.17) is 16.6 Å². The number of hydrogen-bond donors (Lipinski definition) is 5. The minimum absolute atomic E-state index is 0.0879. The maximum absolute atomic E-state index is 10.9. The molecule has 0 spiro atoms. The first-order valence-electron chi connectivity index (χ1n) is 6.73. The monoisotopic (exact) mass is 274 g/mol. The Bertz CT molecular complexity index is 261. The lowest BCUT2D eigenvalue weighted by Crippen LogP contribution is -2.38. The molecule has 7 N–H and O–H groups in total. The first-order valence-corrected chi connectivity index (χ1v) is 6.73. The molecule has 0 aromatic rings. The number of nitrogens with one attached hydrogen (secondary N) is 2. The molecule has 0 aliphatic heterocycles. The zero-order chi connectivity index (χ0) is 14.5. The number of primary amides is 1. The minimum Gasteiger partial charge on any atom is -0.480 e. The van der Waals surface area contributed by atoms with E-state index in [9.17, 15) is 9.59 Å². The lowest BCUT2D eigenvalue weighted by Gasteiger charge is -2.13. The van der Waals surface area contributed by atoms with Gasteiger partial charge in [0, 0.05) is 6.42 Å². The summed E-state index contributed by atoms with van der Waals surface area (Å²) in [6.07, 6.45) is 3.15. The molecule has 0 saturated carbocycles. The van der Waals surface area contributed by atoms with Crippen LogP contribution in [0.15, 0.2) is 0 Å². The van der Waals surface area contributed by atoms with Crippen LogP contribution in [0.2, 0.25) is 0 Å². The molecule has 1 atom stereocenters. The van der Waals surface area contributed by atoms with Crippen molar-refractivity contribution >= 4 is 11.9 Å². The smallest absolute Gasteiger partial charge is 0.320 e. The van der Waals surface area contributed by atoms with Crippen LogP contribution >= 0.6 is 0 Å². The first kappa shape index (κ1) is 17.8. The number of carboxylic acids is 1. The normalized spacial score (nSPS) is 12.3. The predicted octanol–water partition coefficient (Wildman–Crippen LogP) is -0.987. The molecule has 0 bridgehead atoms. The summed E-state index contributed by atoms with van der Waals surface area (Å²) in [5.74, 6) is -1.42. The molecule has 7 heteroatoms. The largest absolute Gasteiger partial charge is 0.480 e. The summed E-state index contributed by atoms with van der Waals surface area (Å²) in [4.78, 5) is 21.5. The zero-order valence-electron chi connectivity index (χ0n) is 11.4. The van der Waals surface area contributed by atoms with Crippen molar-refractivity contribution in [3.05, 3.63) is 0 Å². The van der Waals surface area contributed by atoms with Gasteiger partial charge in [-0.3, -0.25) is 9.59 Å². The third-order valence-electron chi connectivity index (χ3n) is 2.71. The van der Waals surface area contributed by atoms with E-state index in [2.05, 4.69) is 10.6 Å². The van der Waals surface area contributed by atoms with Crippen LogP contribution in [-0.4, -0.2) is 49.2 Å². The lowest BCUT2D eigenvalue weighted by atomic mass is 10.1. The number of aliphatic carboxylic acids is 1. The number of hydrogen-bond acceptors (Lipinski definition) is 5. The van der Waals surface area contributed by atoms with Crippen LogP contribution in [0.3, 0.4) is 0 Å². The van der Waals surface area contributed by atoms with Crippen molar-refractivity contribution in [1.82, 2.24) is 10.6 Å². The van der Waals surface area contributed by atoms with Gasteiger partial charge in [0.05, 0.1) is 0 Å². The number of carbonyl (C=O) groups is 2. The highest BCUT2D eigenvalue weighted by atomic mass is 16.4. The molecular weight excluding hydrogens is 248 g/mol. The Balaban J connectivity index is 3.53. The van der Waals surface area contributed by atoms with Crippen LogP contribution in [0.25, 0.3) is 0 Å². The summed E-state index contributed by atoms with van der Waals surface area (Å²) in [6.45, 7) is 3.13. The Morgan fingerprint density at radius 1 is 1.11 bits per heavy atom. The van der Waals surface area contributed by atoms with E-state index in [-0.39, 0.29) is 12.8 Å². The molecule has 0 aliphatic carbocycles. The second kappa shape index (κ2) is 11.9. The van der Waals surface area contributed by atoms with Crippen LogP contribution in [0, 0.1) is 0 Å². The van der Waals surface area contributed by atoms with Gasteiger partial charge in [0.1, 0.15) is 6.04 Å². The van der Waals surface area contributed by atoms with Gasteiger partial charge in [0.15, 0.2) is 0 Å². The van der Waals surface area contributed by atoms with Crippen molar-refractivity contribution in [3.8, 4) is 0 Å². The number of amides is 1. The predicted molar refractivity (Wildman–Crippen MR) is 73.6 cm³/mol. The number of carbonyl (C=O) groups excluding carboxylic acids is 1. The summed E-state index contributed by atoms with van der Waals surface area (Å²) in [5, 5.41) is 15.1. The average molecular weight is 274 g/mol. The number of nitrogens with two attached hydrogens (primary N) is 2. The van der Waals surface area contributed by atoms with Crippen molar-refractivity contribution in [3.63, 3.8) is 0 Å². The number of carboxylic acid groups (broad SMARTS) is 1. The fourth-order valence-electron chi connectivity index (χ4n) is 1.60. The molecule has 0 aromatic heterocycles. The van der Waals surface area contributed by atoms with Crippen molar-refractivity contribution in [2.75, 3.05) is 26.2 Å². The van der Waals surface area contributed by atoms with Crippen molar-refractivity contribution in [2.24, 2.45) is 11.5 Å². The van der Waals surface area contributed by atoms with E-state index < -0.39 is 17.9 Å². The van der Waals surface area contributed by atoms with E-state index >= 15 is 0 Å². The molecule has 1 amide bonds. The minimum atomic E-state index is -0.942. The summed E-state index contributed by atoms with van der Waals surface area (Å²) in [6, 6.07) is -0.697. The van der Waals surface area contributed by atoms with Crippen LogP contribution in [0.5, 0.6) is 0 Å². The molecule has 0 heterocycles. The van der Waals surface area contributed by atoms with Gasteiger partial charge < -0.3 is 27.2 Å². The van der Waals surface area contributed by atoms with Crippen LogP contribution in [0.1, 0.15) is 32.1 Å². The van der Waals surface area contributed by atoms with Gasteiger partial charge in [-0.2, -0.15) is 0 Å². The van der Waals surface area contributed by atoms with E-state index in [1.54, 1.807) is 0 Å². The molecular formula is C12H26N4O3. The van der Waals surface area contributed by atoms with E-state index in [0.717, 1.165) is 32.4 Å². The molecule has 0 rings (SSSR count). The maximum atomic E-state index is 10.9. The van der Waals surface area contributed by atoms with Crippen molar-refractivity contribution in [2.45, 2.75) is 38.1 Å². The lowest BCUT2D eigenvalue weighted by molar-refractivity contribution is -0.139. The molecule has 112 valence electrons. The molecule has 0 aliphatic rings. The maximum Gasteiger partial charge on any atom is 0.320 e. The Labute approximate surface area is 114 Å². The second-order valence-electron chi connectivity index (χ2n) is 4.45. The van der Waals surface area contributed by atoms with Crippen LogP contribution in [0.4, 0.5) is 0 Å². The first-order chi connectivity index (χ1) is 9.07. The van der Waals surface area contributed by atoms with Gasteiger partial charge in [0.2, 0.25) is 5.91 Å². The SMILES string of the molecule is NCCCNCCCCN[C@@H](CCC(N)=O)C(=O)O. The Morgan fingerprint density at radius 3 is 2.32 bits per heavy atom. The summed E-state index contributed by atoms with van der Waals surface area (Å²) in [7, 11) is 0. The van der Waals surface area contributed by atoms with Gasteiger partial charge in [-0.1, -0.05) is 0 Å². The third kappa shape index (κ3) is 11.6. The number of unbranched alkanes of at least 4 members (excludes halogenated alkanes) is 1. The van der Waals surface area contributed by atoms with Gasteiger partial charge in [-0.25, -0.2) is 0 Å². The molecule has 7 nitrogen and oxygen atoms in total. The Kier molecular flexibility index (Phi) is 11.1. The molecule has 0 saturated heterocycles. The van der Waals surface area contributed by atoms with Crippen LogP contribution < -0.4 is 22.1 Å². The highest BCUT2D eigenvalue weighted by Crippen LogP contribution is 1.98. The van der Waals surface area contributed by atoms with Gasteiger partial charge in [-0.05, 0) is 51.9 Å². The zero-order valence-corrected chi connectivity index (χ0v) is 11.4. The van der Waals surface area contributed by atoms with Gasteiger partial charge in [-0.15, -0.1) is 0 Å². The Morgan fingerprint density at radius 2 is 1.74 bits per heavy atom. The standard InChI is InChI=1S/C12H26N4O3/c13-6-3-8-15-7-1-2-9-16-10(12(18)19)4-5-11(14)17/h10,15-16H,1-9,13H2,(H2,14,17)(H,18,19)/t10-/m0/s1. The fraction of sp³-hybridized carbons (Fsp3) is 0.833. The van der Waals surface area contributed by atoms with E-state index in [1.807, 2.05) is 0 Å². The van der Waals surface area contributed by atoms with Crippen LogP contribution in [-0.2, 0) is 9.59 Å². The van der Waals surface area contributed by atoms with Gasteiger partial charge in [0.25, 0.3) is 0 Å². The average Bonchev–Trinajstić information content (AvgIpc) is 2.35. The van der Waals surface area contributed by atoms with Crippen molar-refractivity contribution < 1.29 is 14.7 Å². The quantitative estimate of drug-likeness (QED) is 0.274. The van der Waals surface area contributed by atoms with Gasteiger partial charge >= 0.3 is 5.97 Å². The highest BCUT2D eigenvalue weighted by molar-refractivity contribution is 5.77. The molecule has 0 radical (unpaired) electrons.